The van der Waals surface area contributed by atoms with Crippen LogP contribution in [0, 0.1) is 11.6 Å². The Morgan fingerprint density at radius 1 is 1.12 bits per heavy atom. The molecule has 2 amide bonds. The third kappa shape index (κ3) is 7.85. The molecule has 0 radical (unpaired) electrons. The lowest BCUT2D eigenvalue weighted by atomic mass is 10.0. The zero-order valence-electron chi connectivity index (χ0n) is 13.7. The fourth-order valence-corrected chi connectivity index (χ4v) is 2.42. The lowest BCUT2D eigenvalue weighted by molar-refractivity contribution is -0.127. The summed E-state index contributed by atoms with van der Waals surface area (Å²) in [5.41, 5.74) is 5.51. The Bertz CT molecular complexity index is 556. The van der Waals surface area contributed by atoms with Crippen LogP contribution in [0.3, 0.4) is 0 Å². The van der Waals surface area contributed by atoms with Crippen molar-refractivity contribution in [3.05, 3.63) is 48.1 Å². The number of amides is 2. The number of halogens is 2. The van der Waals surface area contributed by atoms with Crippen molar-refractivity contribution in [1.29, 1.82) is 0 Å². The van der Waals surface area contributed by atoms with Gasteiger partial charge in [-0.05, 0) is 37.0 Å². The van der Waals surface area contributed by atoms with Crippen molar-refractivity contribution in [2.75, 3.05) is 0 Å². The molecule has 1 aromatic carbocycles. The van der Waals surface area contributed by atoms with E-state index in [0.29, 0.717) is 6.42 Å². The number of carbonyl (C=O) groups excluding carboxylic acids is 2. The molecular weight excluding hydrogens is 314 g/mol. The van der Waals surface area contributed by atoms with Crippen LogP contribution in [0.2, 0.25) is 0 Å². The summed E-state index contributed by atoms with van der Waals surface area (Å²) in [5, 5.41) is 2.53. The Morgan fingerprint density at radius 2 is 1.75 bits per heavy atom. The predicted molar refractivity (Wildman–Crippen MR) is 89.1 cm³/mol. The molecule has 1 atom stereocenters. The maximum absolute atomic E-state index is 13.1. The van der Waals surface area contributed by atoms with Crippen molar-refractivity contribution in [3.8, 4) is 0 Å². The topological polar surface area (TPSA) is 72.2 Å². The van der Waals surface area contributed by atoms with Gasteiger partial charge in [0.1, 0.15) is 17.7 Å². The maximum Gasteiger partial charge on any atom is 0.239 e. The molecule has 0 aromatic heterocycles. The van der Waals surface area contributed by atoms with Gasteiger partial charge in [-0.1, -0.05) is 25.3 Å². The number of hydrogen-bond acceptors (Lipinski definition) is 2. The third-order valence-corrected chi connectivity index (χ3v) is 3.62. The van der Waals surface area contributed by atoms with E-state index in [2.05, 4.69) is 11.9 Å². The summed E-state index contributed by atoms with van der Waals surface area (Å²) in [4.78, 5) is 23.4. The number of benzene rings is 1. The molecule has 0 heterocycles. The highest BCUT2D eigenvalue weighted by molar-refractivity contribution is 5.87. The molecule has 24 heavy (non-hydrogen) atoms. The molecule has 0 aliphatic rings. The molecule has 3 N–H and O–H groups in total. The summed E-state index contributed by atoms with van der Waals surface area (Å²) in [6.07, 6.45) is 6.82. The number of unbranched alkanes of at least 4 members (excludes halogenated alkanes) is 4. The van der Waals surface area contributed by atoms with Gasteiger partial charge < -0.3 is 11.1 Å². The first-order valence-corrected chi connectivity index (χ1v) is 8.07. The Hall–Kier alpha value is -2.24. The number of primary amides is 1. The van der Waals surface area contributed by atoms with E-state index in [4.69, 9.17) is 5.73 Å². The van der Waals surface area contributed by atoms with Crippen LogP contribution >= 0.6 is 0 Å². The van der Waals surface area contributed by atoms with Gasteiger partial charge in [0.05, 0.1) is 6.42 Å². The lowest BCUT2D eigenvalue weighted by Gasteiger charge is -2.15. The number of hydrogen-bond donors (Lipinski definition) is 2. The molecule has 0 aliphatic heterocycles. The van der Waals surface area contributed by atoms with E-state index in [9.17, 15) is 18.4 Å². The fraction of sp³-hybridized carbons (Fsp3) is 0.444. The van der Waals surface area contributed by atoms with E-state index in [0.717, 1.165) is 50.3 Å². The van der Waals surface area contributed by atoms with E-state index in [-0.39, 0.29) is 12.0 Å². The van der Waals surface area contributed by atoms with E-state index < -0.39 is 29.5 Å². The van der Waals surface area contributed by atoms with E-state index in [1.165, 1.54) is 0 Å². The highest BCUT2D eigenvalue weighted by Gasteiger charge is 2.18. The van der Waals surface area contributed by atoms with Gasteiger partial charge in [-0.25, -0.2) is 8.78 Å². The SMILES string of the molecule is C=CCCCCCC[C@@H](NC(=O)Cc1cc(F)cc(F)c1)C(N)=O. The van der Waals surface area contributed by atoms with Gasteiger partial charge in [0, 0.05) is 6.07 Å². The summed E-state index contributed by atoms with van der Waals surface area (Å²) >= 11 is 0. The number of nitrogens with one attached hydrogen (secondary N) is 1. The first kappa shape index (κ1) is 19.8. The van der Waals surface area contributed by atoms with Crippen molar-refractivity contribution in [2.45, 2.75) is 51.0 Å². The van der Waals surface area contributed by atoms with Crippen molar-refractivity contribution in [3.63, 3.8) is 0 Å². The maximum atomic E-state index is 13.1. The molecule has 0 bridgehead atoms. The van der Waals surface area contributed by atoms with Gasteiger partial charge in [-0.3, -0.25) is 9.59 Å². The summed E-state index contributed by atoms with van der Waals surface area (Å²) in [6, 6.07) is 2.14. The van der Waals surface area contributed by atoms with E-state index in [1.54, 1.807) is 0 Å². The average Bonchev–Trinajstić information content (AvgIpc) is 2.48. The zero-order valence-corrected chi connectivity index (χ0v) is 13.7. The van der Waals surface area contributed by atoms with Crippen molar-refractivity contribution in [2.24, 2.45) is 5.73 Å². The third-order valence-electron chi connectivity index (χ3n) is 3.62. The van der Waals surface area contributed by atoms with E-state index >= 15 is 0 Å². The van der Waals surface area contributed by atoms with Gasteiger partial charge in [0.15, 0.2) is 0 Å². The molecule has 0 fully saturated rings. The fourth-order valence-electron chi connectivity index (χ4n) is 2.42. The number of carbonyl (C=O) groups is 2. The van der Waals surface area contributed by atoms with Crippen molar-refractivity contribution in [1.82, 2.24) is 5.32 Å². The minimum Gasteiger partial charge on any atom is -0.368 e. The number of nitrogens with two attached hydrogens (primary N) is 1. The monoisotopic (exact) mass is 338 g/mol. The second-order valence-corrected chi connectivity index (χ2v) is 5.76. The zero-order chi connectivity index (χ0) is 17.9. The van der Waals surface area contributed by atoms with Crippen LogP contribution in [-0.4, -0.2) is 17.9 Å². The molecule has 0 saturated carbocycles. The largest absolute Gasteiger partial charge is 0.368 e. The van der Waals surface area contributed by atoms with E-state index in [1.807, 2.05) is 6.08 Å². The Labute approximate surface area is 141 Å². The van der Waals surface area contributed by atoms with Gasteiger partial charge in [-0.2, -0.15) is 0 Å². The Morgan fingerprint density at radius 3 is 2.33 bits per heavy atom. The lowest BCUT2D eigenvalue weighted by Crippen LogP contribution is -2.45. The molecule has 0 unspecified atom stereocenters. The van der Waals surface area contributed by atoms with Crippen LogP contribution in [0.4, 0.5) is 8.78 Å². The first-order chi connectivity index (χ1) is 11.4. The van der Waals surface area contributed by atoms with Crippen molar-refractivity contribution < 1.29 is 18.4 Å². The summed E-state index contributed by atoms with van der Waals surface area (Å²) in [7, 11) is 0. The molecule has 0 saturated heterocycles. The van der Waals surface area contributed by atoms with Crippen LogP contribution < -0.4 is 11.1 Å². The minimum absolute atomic E-state index is 0.206. The van der Waals surface area contributed by atoms with Crippen molar-refractivity contribution >= 4 is 11.8 Å². The highest BCUT2D eigenvalue weighted by Crippen LogP contribution is 2.10. The summed E-state index contributed by atoms with van der Waals surface area (Å²) in [5.74, 6) is -2.59. The summed E-state index contributed by atoms with van der Waals surface area (Å²) < 4.78 is 26.2. The van der Waals surface area contributed by atoms with Gasteiger partial charge in [-0.15, -0.1) is 6.58 Å². The molecular formula is C18H24F2N2O2. The summed E-state index contributed by atoms with van der Waals surface area (Å²) in [6.45, 7) is 3.65. The molecule has 0 spiro atoms. The van der Waals surface area contributed by atoms with Gasteiger partial charge >= 0.3 is 0 Å². The quantitative estimate of drug-likeness (QED) is 0.481. The first-order valence-electron chi connectivity index (χ1n) is 8.07. The normalized spacial score (nSPS) is 11.8. The number of allylic oxidation sites excluding steroid dienone is 1. The minimum atomic E-state index is -0.768. The molecule has 1 rings (SSSR count). The molecule has 6 heteroatoms. The van der Waals surface area contributed by atoms with Crippen LogP contribution in [0.1, 0.15) is 44.1 Å². The molecule has 4 nitrogen and oxygen atoms in total. The van der Waals surface area contributed by atoms with Crippen LogP contribution in [0.15, 0.2) is 30.9 Å². The molecule has 1 aromatic rings. The standard InChI is InChI=1S/C18H24F2N2O2/c1-2-3-4-5-6-7-8-16(18(21)24)22-17(23)11-13-9-14(19)12-15(20)10-13/h2,9-10,12,16H,1,3-8,11H2,(H2,21,24)(H,22,23)/t16-/m1/s1. The smallest absolute Gasteiger partial charge is 0.239 e. The second kappa shape index (κ2) is 10.5. The Kier molecular flexibility index (Phi) is 8.68. The molecule has 0 aliphatic carbocycles. The van der Waals surface area contributed by atoms with Gasteiger partial charge in [0.25, 0.3) is 0 Å². The van der Waals surface area contributed by atoms with Crippen LogP contribution in [0.5, 0.6) is 0 Å². The highest BCUT2D eigenvalue weighted by atomic mass is 19.1. The molecule has 132 valence electrons. The van der Waals surface area contributed by atoms with Crippen LogP contribution in [0.25, 0.3) is 0 Å². The Balaban J connectivity index is 2.44. The predicted octanol–water partition coefficient (Wildman–Crippen LogP) is 3.00. The average molecular weight is 338 g/mol. The second-order valence-electron chi connectivity index (χ2n) is 5.76. The van der Waals surface area contributed by atoms with Crippen LogP contribution in [-0.2, 0) is 16.0 Å². The van der Waals surface area contributed by atoms with Gasteiger partial charge in [0.2, 0.25) is 11.8 Å². The number of rotatable bonds is 11.